The van der Waals surface area contributed by atoms with Crippen LogP contribution < -0.4 is 10.6 Å². The third-order valence-corrected chi connectivity index (χ3v) is 3.23. The highest BCUT2D eigenvalue weighted by Gasteiger charge is 2.18. The lowest BCUT2D eigenvalue weighted by molar-refractivity contribution is -0.117. The van der Waals surface area contributed by atoms with E-state index in [-0.39, 0.29) is 17.5 Å². The van der Waals surface area contributed by atoms with E-state index in [2.05, 4.69) is 15.5 Å². The van der Waals surface area contributed by atoms with Crippen LogP contribution in [0.15, 0.2) is 11.8 Å². The molecule has 5 nitrogen and oxygen atoms in total. The molecule has 0 aromatic carbocycles. The summed E-state index contributed by atoms with van der Waals surface area (Å²) >= 11 is 0. The van der Waals surface area contributed by atoms with Crippen molar-refractivity contribution in [3.05, 3.63) is 11.8 Å². The molecule has 0 bridgehead atoms. The van der Waals surface area contributed by atoms with Crippen molar-refractivity contribution in [3.63, 3.8) is 0 Å². The van der Waals surface area contributed by atoms with E-state index >= 15 is 0 Å². The Hall–Kier alpha value is -1.54. The Kier molecular flexibility index (Phi) is 6.98. The summed E-state index contributed by atoms with van der Waals surface area (Å²) in [4.78, 5) is 14.0. The molecule has 106 valence electrons. The lowest BCUT2D eigenvalue weighted by Crippen LogP contribution is -2.34. The second kappa shape index (κ2) is 8.54. The van der Waals surface area contributed by atoms with Gasteiger partial charge in [-0.2, -0.15) is 5.26 Å². The molecule has 19 heavy (non-hydrogen) atoms. The van der Waals surface area contributed by atoms with Crippen molar-refractivity contribution in [1.29, 1.82) is 5.26 Å². The number of hydrogen-bond acceptors (Lipinski definition) is 4. The molecule has 0 saturated heterocycles. The highest BCUT2D eigenvalue weighted by Crippen LogP contribution is 2.17. The molecule has 0 heterocycles. The number of carbonyl (C=O) groups excluding carboxylic acids is 1. The van der Waals surface area contributed by atoms with E-state index in [0.29, 0.717) is 0 Å². The van der Waals surface area contributed by atoms with Crippen molar-refractivity contribution in [2.24, 2.45) is 0 Å². The third kappa shape index (κ3) is 6.25. The minimum atomic E-state index is -0.255. The molecule has 1 rings (SSSR count). The van der Waals surface area contributed by atoms with Crippen LogP contribution in [-0.2, 0) is 4.79 Å². The van der Waals surface area contributed by atoms with Gasteiger partial charge in [-0.05, 0) is 39.9 Å². The Morgan fingerprint density at radius 1 is 1.42 bits per heavy atom. The second-order valence-corrected chi connectivity index (χ2v) is 5.24. The maximum Gasteiger partial charge on any atom is 0.263 e. The lowest BCUT2D eigenvalue weighted by Gasteiger charge is -2.11. The van der Waals surface area contributed by atoms with Crippen molar-refractivity contribution in [3.8, 4) is 6.07 Å². The predicted octanol–water partition coefficient (Wildman–Crippen LogP) is 0.994. The molecule has 0 aromatic rings. The molecule has 5 heteroatoms. The number of carbonyl (C=O) groups is 1. The summed E-state index contributed by atoms with van der Waals surface area (Å²) < 4.78 is 0. The average molecular weight is 264 g/mol. The molecule has 0 unspecified atom stereocenters. The largest absolute Gasteiger partial charge is 0.390 e. The number of amides is 1. The molecule has 1 aliphatic rings. The summed E-state index contributed by atoms with van der Waals surface area (Å²) in [7, 11) is 4.04. The minimum absolute atomic E-state index is 0.164. The van der Waals surface area contributed by atoms with Gasteiger partial charge in [0.15, 0.2) is 0 Å². The smallest absolute Gasteiger partial charge is 0.263 e. The van der Waals surface area contributed by atoms with Gasteiger partial charge in [-0.15, -0.1) is 0 Å². The highest BCUT2D eigenvalue weighted by atomic mass is 16.1. The molecule has 0 aromatic heterocycles. The van der Waals surface area contributed by atoms with Crippen LogP contribution >= 0.6 is 0 Å². The number of nitrogens with one attached hydrogen (secondary N) is 2. The van der Waals surface area contributed by atoms with E-state index in [1.807, 2.05) is 20.2 Å². The normalized spacial score (nSPS) is 16.4. The van der Waals surface area contributed by atoms with Gasteiger partial charge in [0.2, 0.25) is 0 Å². The topological polar surface area (TPSA) is 68.2 Å². The molecule has 0 radical (unpaired) electrons. The van der Waals surface area contributed by atoms with Gasteiger partial charge < -0.3 is 15.5 Å². The van der Waals surface area contributed by atoms with Gasteiger partial charge in [-0.1, -0.05) is 12.8 Å². The first-order valence-electron chi connectivity index (χ1n) is 6.92. The summed E-state index contributed by atoms with van der Waals surface area (Å²) in [5.74, 6) is -0.255. The van der Waals surface area contributed by atoms with Gasteiger partial charge in [0.25, 0.3) is 5.91 Å². The van der Waals surface area contributed by atoms with Crippen LogP contribution in [-0.4, -0.2) is 44.0 Å². The maximum absolute atomic E-state index is 11.9. The maximum atomic E-state index is 11.9. The average Bonchev–Trinajstić information content (AvgIpc) is 2.86. The second-order valence-electron chi connectivity index (χ2n) is 5.24. The Morgan fingerprint density at radius 2 is 2.11 bits per heavy atom. The summed E-state index contributed by atoms with van der Waals surface area (Å²) in [6.07, 6.45) is 6.90. The fourth-order valence-corrected chi connectivity index (χ4v) is 2.15. The Labute approximate surface area is 115 Å². The van der Waals surface area contributed by atoms with E-state index in [0.717, 1.165) is 32.4 Å². The van der Waals surface area contributed by atoms with E-state index < -0.39 is 0 Å². The van der Waals surface area contributed by atoms with Gasteiger partial charge in [0.05, 0.1) is 0 Å². The fourth-order valence-electron chi connectivity index (χ4n) is 2.15. The fraction of sp³-hybridized carbons (Fsp3) is 0.714. The Bertz CT molecular complexity index is 351. The molecule has 0 spiro atoms. The first kappa shape index (κ1) is 15.5. The number of nitrogens with zero attached hydrogens (tertiary/aromatic N) is 2. The molecule has 0 atom stereocenters. The van der Waals surface area contributed by atoms with Crippen LogP contribution in [0.25, 0.3) is 0 Å². The quantitative estimate of drug-likeness (QED) is 0.409. The number of hydrogen-bond donors (Lipinski definition) is 2. The zero-order valence-electron chi connectivity index (χ0n) is 11.9. The molecular weight excluding hydrogens is 240 g/mol. The van der Waals surface area contributed by atoms with Gasteiger partial charge in [0, 0.05) is 18.8 Å². The minimum Gasteiger partial charge on any atom is -0.390 e. The highest BCUT2D eigenvalue weighted by molar-refractivity contribution is 5.97. The van der Waals surface area contributed by atoms with Gasteiger partial charge in [-0.3, -0.25) is 4.79 Å². The number of rotatable bonds is 7. The molecule has 1 aliphatic carbocycles. The third-order valence-electron chi connectivity index (χ3n) is 3.23. The molecule has 1 fully saturated rings. The molecular formula is C14H24N4O. The molecule has 0 aliphatic heterocycles. The van der Waals surface area contributed by atoms with Crippen molar-refractivity contribution in [2.75, 3.05) is 27.2 Å². The monoisotopic (exact) mass is 264 g/mol. The summed E-state index contributed by atoms with van der Waals surface area (Å²) in [5.41, 5.74) is 0.164. The van der Waals surface area contributed by atoms with Crippen molar-refractivity contribution < 1.29 is 4.79 Å². The Balaban J connectivity index is 2.30. The molecule has 1 saturated carbocycles. The van der Waals surface area contributed by atoms with Crippen LogP contribution in [0.3, 0.4) is 0 Å². The predicted molar refractivity (Wildman–Crippen MR) is 75.3 cm³/mol. The van der Waals surface area contributed by atoms with Gasteiger partial charge >= 0.3 is 0 Å². The molecule has 2 N–H and O–H groups in total. The first-order chi connectivity index (χ1) is 9.13. The van der Waals surface area contributed by atoms with Gasteiger partial charge in [0.1, 0.15) is 11.6 Å². The van der Waals surface area contributed by atoms with Crippen molar-refractivity contribution in [2.45, 2.75) is 38.1 Å². The summed E-state index contributed by atoms with van der Waals surface area (Å²) in [6, 6.07) is 2.20. The van der Waals surface area contributed by atoms with Crippen LogP contribution in [0.1, 0.15) is 32.1 Å². The zero-order chi connectivity index (χ0) is 14.1. The Morgan fingerprint density at radius 3 is 2.68 bits per heavy atom. The van der Waals surface area contributed by atoms with Gasteiger partial charge in [-0.25, -0.2) is 0 Å². The van der Waals surface area contributed by atoms with Crippen LogP contribution in [0.2, 0.25) is 0 Å². The summed E-state index contributed by atoms with van der Waals surface area (Å²) in [6.45, 7) is 1.75. The molecule has 1 amide bonds. The van der Waals surface area contributed by atoms with Crippen LogP contribution in [0, 0.1) is 11.3 Å². The van der Waals surface area contributed by atoms with E-state index in [4.69, 9.17) is 5.26 Å². The standard InChI is InChI=1S/C14H24N4O/c1-18(2)9-5-8-16-11-12(10-15)14(19)17-13-6-3-4-7-13/h11,13,16H,3-9H2,1-2H3,(H,17,19)/b12-11-. The summed E-state index contributed by atoms with van der Waals surface area (Å²) in [5, 5.41) is 14.9. The number of nitriles is 1. The van der Waals surface area contributed by atoms with Crippen LogP contribution in [0.4, 0.5) is 0 Å². The zero-order valence-corrected chi connectivity index (χ0v) is 11.9. The lowest BCUT2D eigenvalue weighted by atomic mass is 10.2. The van der Waals surface area contributed by atoms with E-state index in [1.54, 1.807) is 0 Å². The van der Waals surface area contributed by atoms with Crippen LogP contribution in [0.5, 0.6) is 0 Å². The van der Waals surface area contributed by atoms with Crippen molar-refractivity contribution >= 4 is 5.91 Å². The van der Waals surface area contributed by atoms with Crippen molar-refractivity contribution in [1.82, 2.24) is 15.5 Å². The first-order valence-corrected chi connectivity index (χ1v) is 6.92. The van der Waals surface area contributed by atoms with E-state index in [1.165, 1.54) is 19.0 Å². The SMILES string of the molecule is CN(C)CCCN/C=C(/C#N)C(=O)NC1CCCC1. The van der Waals surface area contributed by atoms with E-state index in [9.17, 15) is 4.79 Å².